The highest BCUT2D eigenvalue weighted by Crippen LogP contribution is 2.34. The minimum Gasteiger partial charge on any atom is -0.493 e. The number of fused-ring (bicyclic) bond motifs is 1. The van der Waals surface area contributed by atoms with Gasteiger partial charge in [0.25, 0.3) is 0 Å². The summed E-state index contributed by atoms with van der Waals surface area (Å²) in [6.45, 7) is 8.33. The molecule has 0 saturated carbocycles. The van der Waals surface area contributed by atoms with Crippen molar-refractivity contribution in [2.75, 3.05) is 13.2 Å². The molecule has 20 heavy (non-hydrogen) atoms. The van der Waals surface area contributed by atoms with E-state index in [1.165, 1.54) is 16.7 Å². The van der Waals surface area contributed by atoms with E-state index < -0.39 is 0 Å². The molecule has 1 aliphatic rings. The molecule has 0 amide bonds. The Kier molecular flexibility index (Phi) is 5.50. The second-order valence-corrected chi connectivity index (χ2v) is 6.21. The second-order valence-electron chi connectivity index (χ2n) is 5.78. The van der Waals surface area contributed by atoms with Gasteiger partial charge < -0.3 is 10.1 Å². The Morgan fingerprint density at radius 3 is 3.00 bits per heavy atom. The molecule has 0 aromatic heterocycles. The molecule has 2 rings (SSSR count). The number of allylic oxidation sites excluding steroid dienone is 1. The van der Waals surface area contributed by atoms with E-state index in [1.807, 2.05) is 12.1 Å². The van der Waals surface area contributed by atoms with E-state index >= 15 is 0 Å². The molecular formula is C17H24ClNO. The largest absolute Gasteiger partial charge is 0.493 e. The predicted molar refractivity (Wildman–Crippen MR) is 85.9 cm³/mol. The van der Waals surface area contributed by atoms with Crippen LogP contribution in [0.4, 0.5) is 0 Å². The molecule has 2 nitrogen and oxygen atoms in total. The number of benzene rings is 1. The van der Waals surface area contributed by atoms with E-state index in [9.17, 15) is 0 Å². The van der Waals surface area contributed by atoms with E-state index in [4.69, 9.17) is 16.3 Å². The highest BCUT2D eigenvalue weighted by molar-refractivity contribution is 6.30. The molecule has 1 aromatic carbocycles. The van der Waals surface area contributed by atoms with Crippen LogP contribution >= 0.6 is 11.6 Å². The molecule has 1 aromatic rings. The third-order valence-corrected chi connectivity index (χ3v) is 3.70. The van der Waals surface area contributed by atoms with E-state index in [0.29, 0.717) is 6.04 Å². The lowest BCUT2D eigenvalue weighted by atomic mass is 10.0. The summed E-state index contributed by atoms with van der Waals surface area (Å²) in [6, 6.07) is 4.61. The molecule has 0 atom stereocenters. The first kappa shape index (κ1) is 15.4. The van der Waals surface area contributed by atoms with E-state index in [-0.39, 0.29) is 0 Å². The van der Waals surface area contributed by atoms with Crippen LogP contribution in [0.5, 0.6) is 5.75 Å². The van der Waals surface area contributed by atoms with Crippen LogP contribution in [0.1, 0.15) is 38.3 Å². The third kappa shape index (κ3) is 4.26. The first-order valence-electron chi connectivity index (χ1n) is 7.39. The van der Waals surface area contributed by atoms with Gasteiger partial charge in [0.1, 0.15) is 5.75 Å². The normalized spacial score (nSPS) is 14.6. The van der Waals surface area contributed by atoms with Gasteiger partial charge in [-0.2, -0.15) is 0 Å². The van der Waals surface area contributed by atoms with Crippen LogP contribution in [0, 0.1) is 0 Å². The van der Waals surface area contributed by atoms with Crippen molar-refractivity contribution in [1.82, 2.24) is 5.32 Å². The maximum absolute atomic E-state index is 6.19. The second kappa shape index (κ2) is 7.14. The average molecular weight is 294 g/mol. The Morgan fingerprint density at radius 1 is 1.45 bits per heavy atom. The SMILES string of the molecule is C/C(=C/CCNC(C)C)Cc1cc(Cl)cc2c1OCC2. The van der Waals surface area contributed by atoms with Gasteiger partial charge in [0.05, 0.1) is 6.61 Å². The monoisotopic (exact) mass is 293 g/mol. The molecule has 1 heterocycles. The maximum atomic E-state index is 6.19. The summed E-state index contributed by atoms with van der Waals surface area (Å²) in [4.78, 5) is 0. The first-order chi connectivity index (χ1) is 9.56. The Labute approximate surface area is 127 Å². The summed E-state index contributed by atoms with van der Waals surface area (Å²) in [6.07, 6.45) is 5.26. The van der Waals surface area contributed by atoms with E-state index in [2.05, 4.69) is 32.2 Å². The van der Waals surface area contributed by atoms with Crippen LogP contribution in [0.2, 0.25) is 5.02 Å². The summed E-state index contributed by atoms with van der Waals surface area (Å²) < 4.78 is 5.74. The smallest absolute Gasteiger partial charge is 0.126 e. The van der Waals surface area contributed by atoms with Crippen LogP contribution in [0.15, 0.2) is 23.8 Å². The Balaban J connectivity index is 1.97. The maximum Gasteiger partial charge on any atom is 0.126 e. The van der Waals surface area contributed by atoms with Gasteiger partial charge in [-0.15, -0.1) is 0 Å². The van der Waals surface area contributed by atoms with Crippen molar-refractivity contribution in [2.24, 2.45) is 0 Å². The van der Waals surface area contributed by atoms with Gasteiger partial charge in [-0.3, -0.25) is 0 Å². The Morgan fingerprint density at radius 2 is 2.25 bits per heavy atom. The zero-order chi connectivity index (χ0) is 14.5. The topological polar surface area (TPSA) is 21.3 Å². The van der Waals surface area contributed by atoms with Gasteiger partial charge in [0.15, 0.2) is 0 Å². The van der Waals surface area contributed by atoms with Crippen LogP contribution in [-0.4, -0.2) is 19.2 Å². The van der Waals surface area contributed by atoms with Gasteiger partial charge in [0, 0.05) is 17.5 Å². The lowest BCUT2D eigenvalue weighted by Crippen LogP contribution is -2.23. The first-order valence-corrected chi connectivity index (χ1v) is 7.77. The number of rotatable bonds is 6. The molecule has 0 aliphatic carbocycles. The molecular weight excluding hydrogens is 270 g/mol. The molecule has 0 bridgehead atoms. The van der Waals surface area contributed by atoms with Crippen LogP contribution in [0.3, 0.4) is 0 Å². The molecule has 110 valence electrons. The quantitative estimate of drug-likeness (QED) is 0.628. The summed E-state index contributed by atoms with van der Waals surface area (Å²) in [5.41, 5.74) is 3.84. The van der Waals surface area contributed by atoms with Crippen molar-refractivity contribution in [3.8, 4) is 5.75 Å². The number of hydrogen-bond acceptors (Lipinski definition) is 2. The number of ether oxygens (including phenoxy) is 1. The fourth-order valence-corrected chi connectivity index (χ4v) is 2.80. The molecule has 1 N–H and O–H groups in total. The molecule has 1 aliphatic heterocycles. The van der Waals surface area contributed by atoms with Crippen molar-refractivity contribution in [2.45, 2.75) is 46.1 Å². The number of hydrogen-bond donors (Lipinski definition) is 1. The fourth-order valence-electron chi connectivity index (χ4n) is 2.54. The van der Waals surface area contributed by atoms with Crippen molar-refractivity contribution < 1.29 is 4.74 Å². The van der Waals surface area contributed by atoms with Gasteiger partial charge in [0.2, 0.25) is 0 Å². The molecule has 0 unspecified atom stereocenters. The van der Waals surface area contributed by atoms with Gasteiger partial charge in [-0.25, -0.2) is 0 Å². The zero-order valence-corrected chi connectivity index (χ0v) is 13.4. The molecule has 0 saturated heterocycles. The molecule has 3 heteroatoms. The molecule has 0 fully saturated rings. The van der Waals surface area contributed by atoms with Gasteiger partial charge in [-0.05, 0) is 49.6 Å². The lowest BCUT2D eigenvalue weighted by molar-refractivity contribution is 0.354. The lowest BCUT2D eigenvalue weighted by Gasteiger charge is -2.10. The van der Waals surface area contributed by atoms with Crippen molar-refractivity contribution in [3.63, 3.8) is 0 Å². The molecule has 0 radical (unpaired) electrons. The van der Waals surface area contributed by atoms with Gasteiger partial charge in [-0.1, -0.05) is 37.1 Å². The third-order valence-electron chi connectivity index (χ3n) is 3.48. The molecule has 0 spiro atoms. The highest BCUT2D eigenvalue weighted by Gasteiger charge is 2.17. The van der Waals surface area contributed by atoms with Crippen LogP contribution < -0.4 is 10.1 Å². The summed E-state index contributed by atoms with van der Waals surface area (Å²) >= 11 is 6.19. The standard InChI is InChI=1S/C17H24ClNO/c1-12(2)19-7-4-5-13(3)9-15-11-16(18)10-14-6-8-20-17(14)15/h5,10-12,19H,4,6-9H2,1-3H3/b13-5-. The number of nitrogens with one attached hydrogen (secondary N) is 1. The van der Waals surface area contributed by atoms with Crippen molar-refractivity contribution in [1.29, 1.82) is 0 Å². The fraction of sp³-hybridized carbons (Fsp3) is 0.529. The average Bonchev–Trinajstić information content (AvgIpc) is 2.82. The van der Waals surface area contributed by atoms with Crippen LogP contribution in [0.25, 0.3) is 0 Å². The van der Waals surface area contributed by atoms with Crippen molar-refractivity contribution in [3.05, 3.63) is 39.9 Å². The zero-order valence-electron chi connectivity index (χ0n) is 12.6. The van der Waals surface area contributed by atoms with Crippen molar-refractivity contribution >= 4 is 11.6 Å². The summed E-state index contributed by atoms with van der Waals surface area (Å²) in [5.74, 6) is 1.06. The van der Waals surface area contributed by atoms with E-state index in [0.717, 1.165) is 43.2 Å². The van der Waals surface area contributed by atoms with E-state index in [1.54, 1.807) is 0 Å². The highest BCUT2D eigenvalue weighted by atomic mass is 35.5. The summed E-state index contributed by atoms with van der Waals surface area (Å²) in [7, 11) is 0. The minimum atomic E-state index is 0.549. The minimum absolute atomic E-state index is 0.549. The summed E-state index contributed by atoms with van der Waals surface area (Å²) in [5, 5.41) is 4.24. The Bertz CT molecular complexity index is 494. The van der Waals surface area contributed by atoms with Gasteiger partial charge >= 0.3 is 0 Å². The van der Waals surface area contributed by atoms with Crippen LogP contribution in [-0.2, 0) is 12.8 Å². The Hall–Kier alpha value is -0.990. The predicted octanol–water partition coefficient (Wildman–Crippen LogP) is 4.15. The number of halogens is 1.